The summed E-state index contributed by atoms with van der Waals surface area (Å²) in [7, 11) is 0. The molecule has 5 unspecified atom stereocenters. The fraction of sp³-hybridized carbons (Fsp3) is 1.00. The van der Waals surface area contributed by atoms with E-state index in [9.17, 15) is 0 Å². The van der Waals surface area contributed by atoms with E-state index in [1.165, 1.54) is 25.8 Å². The summed E-state index contributed by atoms with van der Waals surface area (Å²) in [6, 6.07) is 2.10. The summed E-state index contributed by atoms with van der Waals surface area (Å²) in [5, 5.41) is 3.73. The maximum absolute atomic E-state index is 3.73. The normalized spacial score (nSPS) is 31.0. The van der Waals surface area contributed by atoms with Crippen LogP contribution in [0.1, 0.15) is 60.8 Å². The van der Waals surface area contributed by atoms with E-state index in [1.54, 1.807) is 0 Å². The summed E-state index contributed by atoms with van der Waals surface area (Å²) in [4.78, 5) is 2.74. The van der Waals surface area contributed by atoms with Gasteiger partial charge in [0.1, 0.15) is 0 Å². The van der Waals surface area contributed by atoms with Crippen molar-refractivity contribution in [3.8, 4) is 0 Å². The van der Waals surface area contributed by atoms with Crippen molar-refractivity contribution >= 4 is 0 Å². The molecule has 1 aliphatic heterocycles. The number of hydrogen-bond donors (Lipinski definition) is 1. The predicted octanol–water partition coefficient (Wildman–Crippen LogP) is 3.52. The highest BCUT2D eigenvalue weighted by Crippen LogP contribution is 2.21. The van der Waals surface area contributed by atoms with Crippen LogP contribution in [0.2, 0.25) is 0 Å². The van der Waals surface area contributed by atoms with E-state index in [0.717, 1.165) is 24.4 Å². The molecule has 2 heteroatoms. The average Bonchev–Trinajstić information content (AvgIpc) is 2.37. The molecule has 1 rings (SSSR count). The molecule has 0 bridgehead atoms. The third-order valence-corrected chi connectivity index (χ3v) is 4.99. The zero-order valence-electron chi connectivity index (χ0n) is 13.4. The number of hydrogen-bond acceptors (Lipinski definition) is 2. The molecule has 108 valence electrons. The second kappa shape index (κ2) is 7.49. The van der Waals surface area contributed by atoms with Gasteiger partial charge in [-0.05, 0) is 32.1 Å². The van der Waals surface area contributed by atoms with Crippen LogP contribution in [0, 0.1) is 11.8 Å². The zero-order chi connectivity index (χ0) is 13.7. The van der Waals surface area contributed by atoms with Crippen LogP contribution in [-0.4, -0.2) is 36.1 Å². The van der Waals surface area contributed by atoms with Crippen LogP contribution >= 0.6 is 0 Å². The molecule has 0 radical (unpaired) electrons. The van der Waals surface area contributed by atoms with Gasteiger partial charge >= 0.3 is 0 Å². The lowest BCUT2D eigenvalue weighted by Gasteiger charge is -2.44. The lowest BCUT2D eigenvalue weighted by atomic mass is 9.92. The number of piperazine rings is 1. The minimum absolute atomic E-state index is 0.685. The maximum Gasteiger partial charge on any atom is 0.0221 e. The second-order valence-corrected chi connectivity index (χ2v) is 6.54. The lowest BCUT2D eigenvalue weighted by Crippen LogP contribution is -2.59. The molecule has 1 saturated heterocycles. The first kappa shape index (κ1) is 16.0. The van der Waals surface area contributed by atoms with Gasteiger partial charge in [-0.15, -0.1) is 0 Å². The molecule has 0 aromatic rings. The van der Waals surface area contributed by atoms with Gasteiger partial charge in [0, 0.05) is 31.2 Å². The van der Waals surface area contributed by atoms with Gasteiger partial charge < -0.3 is 5.32 Å². The molecule has 1 N–H and O–H groups in total. The van der Waals surface area contributed by atoms with Gasteiger partial charge in [-0.25, -0.2) is 0 Å². The molecule has 1 aliphatic rings. The van der Waals surface area contributed by atoms with E-state index in [-0.39, 0.29) is 0 Å². The van der Waals surface area contributed by atoms with E-state index in [4.69, 9.17) is 0 Å². The SMILES string of the molecule is CCC(C)CC(C)N1CC(C(C)CC)NCC1C. The van der Waals surface area contributed by atoms with Gasteiger partial charge in [0.15, 0.2) is 0 Å². The third-order valence-electron chi connectivity index (χ3n) is 4.99. The summed E-state index contributed by atoms with van der Waals surface area (Å²) in [5.74, 6) is 1.64. The molecular formula is C16H34N2. The number of nitrogens with one attached hydrogen (secondary N) is 1. The number of nitrogens with zero attached hydrogens (tertiary/aromatic N) is 1. The summed E-state index contributed by atoms with van der Waals surface area (Å²) < 4.78 is 0. The Hall–Kier alpha value is -0.0800. The summed E-state index contributed by atoms with van der Waals surface area (Å²) in [6.45, 7) is 16.5. The fourth-order valence-corrected chi connectivity index (χ4v) is 3.08. The first-order chi connectivity index (χ1) is 8.49. The predicted molar refractivity (Wildman–Crippen MR) is 80.9 cm³/mol. The Balaban J connectivity index is 2.55. The molecule has 1 heterocycles. The van der Waals surface area contributed by atoms with Crippen LogP contribution in [0.5, 0.6) is 0 Å². The van der Waals surface area contributed by atoms with Gasteiger partial charge in [0.05, 0.1) is 0 Å². The number of rotatable bonds is 6. The topological polar surface area (TPSA) is 15.3 Å². The highest BCUT2D eigenvalue weighted by Gasteiger charge is 2.30. The molecule has 0 spiro atoms. The van der Waals surface area contributed by atoms with Gasteiger partial charge in [-0.1, -0.05) is 40.5 Å². The summed E-state index contributed by atoms with van der Waals surface area (Å²) in [6.07, 6.45) is 3.92. The van der Waals surface area contributed by atoms with Crippen molar-refractivity contribution < 1.29 is 0 Å². The van der Waals surface area contributed by atoms with Crippen LogP contribution in [0.4, 0.5) is 0 Å². The van der Waals surface area contributed by atoms with Gasteiger partial charge in [0.25, 0.3) is 0 Å². The maximum atomic E-state index is 3.73. The molecule has 0 aliphatic carbocycles. The largest absolute Gasteiger partial charge is 0.311 e. The highest BCUT2D eigenvalue weighted by atomic mass is 15.2. The van der Waals surface area contributed by atoms with Crippen molar-refractivity contribution in [3.63, 3.8) is 0 Å². The Morgan fingerprint density at radius 3 is 2.39 bits per heavy atom. The average molecular weight is 254 g/mol. The minimum atomic E-state index is 0.685. The lowest BCUT2D eigenvalue weighted by molar-refractivity contribution is 0.0716. The van der Waals surface area contributed by atoms with E-state index in [2.05, 4.69) is 51.8 Å². The standard InChI is InChI=1S/C16H34N2/c1-7-12(3)9-14(5)18-11-16(13(4)8-2)17-10-15(18)6/h12-17H,7-11H2,1-6H3. The molecule has 1 fully saturated rings. The van der Waals surface area contributed by atoms with Crippen molar-refractivity contribution in [2.24, 2.45) is 11.8 Å². The van der Waals surface area contributed by atoms with Crippen LogP contribution in [0.3, 0.4) is 0 Å². The monoisotopic (exact) mass is 254 g/mol. The summed E-state index contributed by atoms with van der Waals surface area (Å²) in [5.41, 5.74) is 0. The molecule has 0 aromatic heterocycles. The van der Waals surface area contributed by atoms with Crippen molar-refractivity contribution in [1.82, 2.24) is 10.2 Å². The Morgan fingerprint density at radius 2 is 1.83 bits per heavy atom. The van der Waals surface area contributed by atoms with Gasteiger partial charge in [0.2, 0.25) is 0 Å². The van der Waals surface area contributed by atoms with Crippen molar-refractivity contribution in [2.75, 3.05) is 13.1 Å². The van der Waals surface area contributed by atoms with Crippen LogP contribution < -0.4 is 5.32 Å². The van der Waals surface area contributed by atoms with Crippen LogP contribution in [0.25, 0.3) is 0 Å². The van der Waals surface area contributed by atoms with Gasteiger partial charge in [-0.2, -0.15) is 0 Å². The highest BCUT2D eigenvalue weighted by molar-refractivity contribution is 4.89. The molecule has 5 atom stereocenters. The van der Waals surface area contributed by atoms with Crippen molar-refractivity contribution in [1.29, 1.82) is 0 Å². The van der Waals surface area contributed by atoms with Crippen molar-refractivity contribution in [2.45, 2.75) is 78.9 Å². The first-order valence-corrected chi connectivity index (χ1v) is 7.98. The zero-order valence-corrected chi connectivity index (χ0v) is 13.4. The molecule has 0 saturated carbocycles. The van der Waals surface area contributed by atoms with E-state index in [1.807, 2.05) is 0 Å². The molecule has 0 amide bonds. The molecular weight excluding hydrogens is 220 g/mol. The quantitative estimate of drug-likeness (QED) is 0.780. The Kier molecular flexibility index (Phi) is 6.65. The molecule has 2 nitrogen and oxygen atoms in total. The Morgan fingerprint density at radius 1 is 1.17 bits per heavy atom. The minimum Gasteiger partial charge on any atom is -0.311 e. The molecule has 0 aromatic carbocycles. The van der Waals surface area contributed by atoms with Crippen molar-refractivity contribution in [3.05, 3.63) is 0 Å². The smallest absolute Gasteiger partial charge is 0.0221 e. The summed E-state index contributed by atoms with van der Waals surface area (Å²) >= 11 is 0. The van der Waals surface area contributed by atoms with Crippen LogP contribution in [0.15, 0.2) is 0 Å². The Bertz CT molecular complexity index is 229. The van der Waals surface area contributed by atoms with Crippen LogP contribution in [-0.2, 0) is 0 Å². The fourth-order valence-electron chi connectivity index (χ4n) is 3.08. The first-order valence-electron chi connectivity index (χ1n) is 7.98. The molecule has 18 heavy (non-hydrogen) atoms. The second-order valence-electron chi connectivity index (χ2n) is 6.54. The van der Waals surface area contributed by atoms with E-state index in [0.29, 0.717) is 12.1 Å². The van der Waals surface area contributed by atoms with E-state index < -0.39 is 0 Å². The van der Waals surface area contributed by atoms with E-state index >= 15 is 0 Å². The third kappa shape index (κ3) is 4.24. The van der Waals surface area contributed by atoms with Gasteiger partial charge in [-0.3, -0.25) is 4.90 Å². The Labute approximate surface area is 115 Å².